The van der Waals surface area contributed by atoms with E-state index in [2.05, 4.69) is 5.32 Å². The first-order valence-electron chi connectivity index (χ1n) is 7.48. The fourth-order valence-electron chi connectivity index (χ4n) is 3.46. The van der Waals surface area contributed by atoms with E-state index >= 15 is 0 Å². The second kappa shape index (κ2) is 6.04. The molecule has 6 heteroatoms. The van der Waals surface area contributed by atoms with Crippen LogP contribution in [0.1, 0.15) is 10.4 Å². The van der Waals surface area contributed by atoms with Gasteiger partial charge in [0.2, 0.25) is 5.75 Å². The Morgan fingerprint density at radius 3 is 2.23 bits per heavy atom. The van der Waals surface area contributed by atoms with Crippen LogP contribution in [0.2, 0.25) is 0 Å². The Morgan fingerprint density at radius 1 is 1.05 bits per heavy atom. The van der Waals surface area contributed by atoms with E-state index in [0.29, 0.717) is 34.6 Å². The van der Waals surface area contributed by atoms with Crippen molar-refractivity contribution in [3.8, 4) is 17.2 Å². The van der Waals surface area contributed by atoms with Crippen molar-refractivity contribution in [3.63, 3.8) is 0 Å². The lowest BCUT2D eigenvalue weighted by atomic mass is 10.0. The smallest absolute Gasteiger partial charge is 0.257 e. The van der Waals surface area contributed by atoms with Gasteiger partial charge >= 0.3 is 0 Å². The van der Waals surface area contributed by atoms with Crippen LogP contribution >= 0.6 is 0 Å². The number of fused-ring (bicyclic) bond motifs is 1. The van der Waals surface area contributed by atoms with Crippen molar-refractivity contribution in [2.45, 2.75) is 0 Å². The number of nitrogens with one attached hydrogen (secondary N) is 1. The number of hydrogen-bond donors (Lipinski definition) is 1. The van der Waals surface area contributed by atoms with Crippen LogP contribution < -0.4 is 19.5 Å². The topological polar surface area (TPSA) is 60.0 Å². The van der Waals surface area contributed by atoms with Crippen molar-refractivity contribution < 1.29 is 19.0 Å². The number of benzene rings is 1. The number of carbonyl (C=O) groups is 1. The average molecular weight is 306 g/mol. The standard InChI is InChI=1S/C16H22N2O4/c1-20-13-5-4-12(14(21-2)15(13)22-3)16(19)18-8-10-6-17-7-11(10)9-18/h4-5,10-11,17H,6-9H2,1-3H3/t10-,11+. The zero-order valence-corrected chi connectivity index (χ0v) is 13.2. The van der Waals surface area contributed by atoms with Crippen molar-refractivity contribution in [2.24, 2.45) is 11.8 Å². The zero-order chi connectivity index (χ0) is 15.7. The summed E-state index contributed by atoms with van der Waals surface area (Å²) in [6.45, 7) is 3.59. The lowest BCUT2D eigenvalue weighted by molar-refractivity contribution is 0.0777. The van der Waals surface area contributed by atoms with Crippen molar-refractivity contribution in [2.75, 3.05) is 47.5 Å². The van der Waals surface area contributed by atoms with Crippen molar-refractivity contribution in [3.05, 3.63) is 17.7 Å². The number of nitrogens with zero attached hydrogens (tertiary/aromatic N) is 1. The molecule has 2 fully saturated rings. The molecule has 1 N–H and O–H groups in total. The summed E-state index contributed by atoms with van der Waals surface area (Å²) in [6, 6.07) is 3.49. The van der Waals surface area contributed by atoms with Gasteiger partial charge in [0.15, 0.2) is 11.5 Å². The number of rotatable bonds is 4. The molecule has 3 rings (SSSR count). The molecule has 2 saturated heterocycles. The molecule has 0 saturated carbocycles. The van der Waals surface area contributed by atoms with Crippen LogP contribution in [0.5, 0.6) is 17.2 Å². The van der Waals surface area contributed by atoms with Crippen LogP contribution in [0.3, 0.4) is 0 Å². The van der Waals surface area contributed by atoms with Crippen molar-refractivity contribution in [1.29, 1.82) is 0 Å². The molecule has 0 radical (unpaired) electrons. The van der Waals surface area contributed by atoms with E-state index in [1.54, 1.807) is 26.4 Å². The number of methoxy groups -OCH3 is 3. The second-order valence-corrected chi connectivity index (χ2v) is 5.77. The van der Waals surface area contributed by atoms with E-state index in [9.17, 15) is 4.79 Å². The molecule has 2 aliphatic rings. The molecular weight excluding hydrogens is 284 g/mol. The third kappa shape index (κ3) is 2.37. The fraction of sp³-hybridized carbons (Fsp3) is 0.562. The average Bonchev–Trinajstić information content (AvgIpc) is 3.14. The quantitative estimate of drug-likeness (QED) is 0.899. The Bertz CT molecular complexity index is 564. The molecule has 2 heterocycles. The highest BCUT2D eigenvalue weighted by atomic mass is 16.5. The fourth-order valence-corrected chi connectivity index (χ4v) is 3.46. The molecule has 1 amide bonds. The van der Waals surface area contributed by atoms with E-state index in [4.69, 9.17) is 14.2 Å². The molecular formula is C16H22N2O4. The summed E-state index contributed by atoms with van der Waals surface area (Å²) in [5, 5.41) is 3.38. The number of amides is 1. The van der Waals surface area contributed by atoms with Crippen molar-refractivity contribution >= 4 is 5.91 Å². The molecule has 2 aliphatic heterocycles. The zero-order valence-electron chi connectivity index (χ0n) is 13.2. The van der Waals surface area contributed by atoms with Crippen molar-refractivity contribution in [1.82, 2.24) is 10.2 Å². The van der Waals surface area contributed by atoms with Gasteiger partial charge in [0.05, 0.1) is 26.9 Å². The van der Waals surface area contributed by atoms with E-state index in [0.717, 1.165) is 26.2 Å². The molecule has 0 aliphatic carbocycles. The molecule has 0 aromatic heterocycles. The number of hydrogen-bond acceptors (Lipinski definition) is 5. The molecule has 1 aromatic carbocycles. The summed E-state index contributed by atoms with van der Waals surface area (Å²) in [5.74, 6) is 2.56. The number of ether oxygens (including phenoxy) is 3. The number of carbonyl (C=O) groups excluding carboxylic acids is 1. The molecule has 0 bridgehead atoms. The van der Waals surface area contributed by atoms with Gasteiger partial charge in [-0.05, 0) is 24.0 Å². The van der Waals surface area contributed by atoms with Crippen LogP contribution in [0.15, 0.2) is 12.1 Å². The lowest BCUT2D eigenvalue weighted by Gasteiger charge is -2.21. The highest BCUT2D eigenvalue weighted by Crippen LogP contribution is 2.40. The van der Waals surface area contributed by atoms with Gasteiger partial charge in [0.25, 0.3) is 5.91 Å². The van der Waals surface area contributed by atoms with E-state index in [1.165, 1.54) is 7.11 Å². The molecule has 0 spiro atoms. The van der Waals surface area contributed by atoms with Gasteiger partial charge in [-0.3, -0.25) is 4.79 Å². The van der Waals surface area contributed by atoms with Crippen LogP contribution in [-0.4, -0.2) is 58.3 Å². The first kappa shape index (κ1) is 15.0. The minimum Gasteiger partial charge on any atom is -0.493 e. The van der Waals surface area contributed by atoms with Crippen LogP contribution in [0.4, 0.5) is 0 Å². The molecule has 6 nitrogen and oxygen atoms in total. The van der Waals surface area contributed by atoms with Gasteiger partial charge in [0, 0.05) is 26.2 Å². The summed E-state index contributed by atoms with van der Waals surface area (Å²) in [4.78, 5) is 14.8. The lowest BCUT2D eigenvalue weighted by Crippen LogP contribution is -2.32. The summed E-state index contributed by atoms with van der Waals surface area (Å²) in [5.41, 5.74) is 0.521. The summed E-state index contributed by atoms with van der Waals surface area (Å²) < 4.78 is 16.0. The SMILES string of the molecule is COc1ccc(C(=O)N2C[C@H]3CNC[C@H]3C2)c(OC)c1OC. The normalized spacial score (nSPS) is 23.3. The highest BCUT2D eigenvalue weighted by molar-refractivity contribution is 5.98. The van der Waals surface area contributed by atoms with Gasteiger partial charge < -0.3 is 24.4 Å². The molecule has 1 aromatic rings. The maximum Gasteiger partial charge on any atom is 0.257 e. The molecule has 22 heavy (non-hydrogen) atoms. The Morgan fingerprint density at radius 2 is 1.68 bits per heavy atom. The predicted molar refractivity (Wildman–Crippen MR) is 81.9 cm³/mol. The van der Waals surface area contributed by atoms with E-state index in [-0.39, 0.29) is 5.91 Å². The van der Waals surface area contributed by atoms with E-state index in [1.807, 2.05) is 4.90 Å². The Labute approximate surface area is 130 Å². The van der Waals surface area contributed by atoms with Gasteiger partial charge in [-0.15, -0.1) is 0 Å². The van der Waals surface area contributed by atoms with Crippen LogP contribution in [-0.2, 0) is 0 Å². The maximum atomic E-state index is 12.9. The third-order valence-corrected chi connectivity index (χ3v) is 4.61. The van der Waals surface area contributed by atoms with Crippen LogP contribution in [0, 0.1) is 11.8 Å². The minimum atomic E-state index is -0.00722. The summed E-state index contributed by atoms with van der Waals surface area (Å²) >= 11 is 0. The third-order valence-electron chi connectivity index (χ3n) is 4.61. The predicted octanol–water partition coefficient (Wildman–Crippen LogP) is 1.00. The van der Waals surface area contributed by atoms with Gasteiger partial charge in [0.1, 0.15) is 0 Å². The van der Waals surface area contributed by atoms with Gasteiger partial charge in [-0.2, -0.15) is 0 Å². The molecule has 2 atom stereocenters. The Balaban J connectivity index is 1.89. The Hall–Kier alpha value is -1.95. The maximum absolute atomic E-state index is 12.9. The minimum absolute atomic E-state index is 0.00722. The molecule has 0 unspecified atom stereocenters. The highest BCUT2D eigenvalue weighted by Gasteiger charge is 2.39. The second-order valence-electron chi connectivity index (χ2n) is 5.77. The summed E-state index contributed by atoms with van der Waals surface area (Å²) in [6.07, 6.45) is 0. The first-order chi connectivity index (χ1) is 10.7. The monoisotopic (exact) mass is 306 g/mol. The molecule has 120 valence electrons. The first-order valence-corrected chi connectivity index (χ1v) is 7.48. The van der Waals surface area contributed by atoms with Crippen LogP contribution in [0.25, 0.3) is 0 Å². The van der Waals surface area contributed by atoms with E-state index < -0.39 is 0 Å². The number of likely N-dealkylation sites (tertiary alicyclic amines) is 1. The summed E-state index contributed by atoms with van der Waals surface area (Å²) in [7, 11) is 4.64. The van der Waals surface area contributed by atoms with Gasteiger partial charge in [-0.1, -0.05) is 0 Å². The Kier molecular flexibility index (Phi) is 4.11. The van der Waals surface area contributed by atoms with Gasteiger partial charge in [-0.25, -0.2) is 0 Å². The largest absolute Gasteiger partial charge is 0.493 e.